The fraction of sp³-hybridized carbons (Fsp3) is 0.545. The molecule has 0 heterocycles. The fourth-order valence-corrected chi connectivity index (χ4v) is 2.64. The van der Waals surface area contributed by atoms with Crippen molar-refractivity contribution in [2.75, 3.05) is 0 Å². The van der Waals surface area contributed by atoms with Crippen molar-refractivity contribution in [3.8, 4) is 0 Å². The van der Waals surface area contributed by atoms with Crippen molar-refractivity contribution in [2.24, 2.45) is 17.8 Å². The SMILES string of the molecule is CC(C)=C1[C@H]2C=C[C@@H]1[C@H](C(=O)O)C2. The van der Waals surface area contributed by atoms with E-state index in [4.69, 9.17) is 5.11 Å². The maximum atomic E-state index is 10.9. The molecular formula is C11H14O2. The van der Waals surface area contributed by atoms with Crippen molar-refractivity contribution in [2.45, 2.75) is 20.3 Å². The van der Waals surface area contributed by atoms with Crippen LogP contribution in [0.25, 0.3) is 0 Å². The van der Waals surface area contributed by atoms with Crippen LogP contribution < -0.4 is 0 Å². The molecule has 1 saturated carbocycles. The summed E-state index contributed by atoms with van der Waals surface area (Å²) in [6.45, 7) is 4.15. The van der Waals surface area contributed by atoms with Gasteiger partial charge < -0.3 is 5.11 Å². The Morgan fingerprint density at radius 2 is 2.15 bits per heavy atom. The van der Waals surface area contributed by atoms with Crippen molar-refractivity contribution in [1.29, 1.82) is 0 Å². The molecule has 0 aromatic rings. The molecule has 2 aliphatic carbocycles. The van der Waals surface area contributed by atoms with E-state index in [1.807, 2.05) is 0 Å². The normalized spacial score (nSPS) is 35.5. The number of rotatable bonds is 1. The van der Waals surface area contributed by atoms with E-state index in [-0.39, 0.29) is 11.8 Å². The molecule has 3 atom stereocenters. The number of hydrogen-bond donors (Lipinski definition) is 1. The third-order valence-electron chi connectivity index (χ3n) is 3.15. The van der Waals surface area contributed by atoms with Crippen LogP contribution in [0.2, 0.25) is 0 Å². The van der Waals surface area contributed by atoms with Gasteiger partial charge in [0.15, 0.2) is 0 Å². The Hall–Kier alpha value is -1.05. The van der Waals surface area contributed by atoms with Gasteiger partial charge in [0, 0.05) is 5.92 Å². The molecule has 70 valence electrons. The number of aliphatic carboxylic acids is 1. The molecule has 0 amide bonds. The number of carbonyl (C=O) groups is 1. The third kappa shape index (κ3) is 1.12. The van der Waals surface area contributed by atoms with Crippen LogP contribution in [0.15, 0.2) is 23.3 Å². The summed E-state index contributed by atoms with van der Waals surface area (Å²) in [7, 11) is 0. The molecule has 0 aliphatic heterocycles. The Kier molecular flexibility index (Phi) is 1.79. The second-order valence-corrected chi connectivity index (χ2v) is 4.15. The first-order valence-corrected chi connectivity index (χ1v) is 4.69. The van der Waals surface area contributed by atoms with Gasteiger partial charge in [-0.15, -0.1) is 0 Å². The zero-order valence-electron chi connectivity index (χ0n) is 7.95. The molecule has 1 fully saturated rings. The molecule has 0 spiro atoms. The number of fused-ring (bicyclic) bond motifs is 2. The van der Waals surface area contributed by atoms with Crippen molar-refractivity contribution < 1.29 is 9.90 Å². The van der Waals surface area contributed by atoms with E-state index in [1.54, 1.807) is 0 Å². The quantitative estimate of drug-likeness (QED) is 0.625. The summed E-state index contributed by atoms with van der Waals surface area (Å²) in [6, 6.07) is 0. The Labute approximate surface area is 78.0 Å². The van der Waals surface area contributed by atoms with Crippen LogP contribution in [0.4, 0.5) is 0 Å². The molecule has 1 N–H and O–H groups in total. The van der Waals surface area contributed by atoms with Gasteiger partial charge in [-0.25, -0.2) is 0 Å². The number of allylic oxidation sites excluding steroid dienone is 4. The monoisotopic (exact) mass is 178 g/mol. The van der Waals surface area contributed by atoms with E-state index in [1.165, 1.54) is 11.1 Å². The highest BCUT2D eigenvalue weighted by molar-refractivity contribution is 5.73. The maximum absolute atomic E-state index is 10.9. The Bertz CT molecular complexity index is 308. The van der Waals surface area contributed by atoms with Crippen LogP contribution in [-0.2, 0) is 4.79 Å². The van der Waals surface area contributed by atoms with Gasteiger partial charge in [0.05, 0.1) is 5.92 Å². The summed E-state index contributed by atoms with van der Waals surface area (Å²) in [5.41, 5.74) is 2.65. The maximum Gasteiger partial charge on any atom is 0.307 e. The van der Waals surface area contributed by atoms with Crippen molar-refractivity contribution in [1.82, 2.24) is 0 Å². The molecule has 13 heavy (non-hydrogen) atoms. The van der Waals surface area contributed by atoms with Crippen LogP contribution >= 0.6 is 0 Å². The van der Waals surface area contributed by atoms with Crippen molar-refractivity contribution in [3.05, 3.63) is 23.3 Å². The Morgan fingerprint density at radius 3 is 2.54 bits per heavy atom. The molecule has 2 heteroatoms. The standard InChI is InChI=1S/C11H14O2/c1-6(2)10-7-3-4-8(10)9(5-7)11(12)13/h3-4,7-9H,5H2,1-2H3,(H,12,13)/t7-,8+,9+/m0/s1. The highest BCUT2D eigenvalue weighted by atomic mass is 16.4. The summed E-state index contributed by atoms with van der Waals surface area (Å²) in [5, 5.41) is 8.98. The number of carboxylic acid groups (broad SMARTS) is 1. The predicted molar refractivity (Wildman–Crippen MR) is 50.2 cm³/mol. The van der Waals surface area contributed by atoms with E-state index >= 15 is 0 Å². The Balaban J connectivity index is 2.35. The van der Waals surface area contributed by atoms with Crippen LogP contribution in [0.5, 0.6) is 0 Å². The van der Waals surface area contributed by atoms with E-state index < -0.39 is 5.97 Å². The molecule has 0 saturated heterocycles. The van der Waals surface area contributed by atoms with Gasteiger partial charge in [0.1, 0.15) is 0 Å². The van der Waals surface area contributed by atoms with E-state index in [2.05, 4.69) is 26.0 Å². The lowest BCUT2D eigenvalue weighted by molar-refractivity contribution is -0.142. The second-order valence-electron chi connectivity index (χ2n) is 4.15. The molecule has 0 radical (unpaired) electrons. The minimum Gasteiger partial charge on any atom is -0.481 e. The summed E-state index contributed by atoms with van der Waals surface area (Å²) < 4.78 is 0. The molecule has 2 bridgehead atoms. The molecule has 2 rings (SSSR count). The third-order valence-corrected chi connectivity index (χ3v) is 3.15. The van der Waals surface area contributed by atoms with Gasteiger partial charge in [0.2, 0.25) is 0 Å². The number of hydrogen-bond acceptors (Lipinski definition) is 1. The smallest absolute Gasteiger partial charge is 0.307 e. The summed E-state index contributed by atoms with van der Waals surface area (Å²) in [6.07, 6.45) is 5.03. The lowest BCUT2D eigenvalue weighted by Crippen LogP contribution is -2.18. The van der Waals surface area contributed by atoms with Crippen molar-refractivity contribution >= 4 is 5.97 Å². The van der Waals surface area contributed by atoms with Crippen molar-refractivity contribution in [3.63, 3.8) is 0 Å². The summed E-state index contributed by atoms with van der Waals surface area (Å²) in [4.78, 5) is 10.9. The minimum absolute atomic E-state index is 0.167. The second kappa shape index (κ2) is 2.72. The first-order chi connectivity index (χ1) is 6.11. The topological polar surface area (TPSA) is 37.3 Å². The lowest BCUT2D eigenvalue weighted by Gasteiger charge is -2.12. The van der Waals surface area contributed by atoms with Crippen LogP contribution in [0, 0.1) is 17.8 Å². The van der Waals surface area contributed by atoms with Gasteiger partial charge in [-0.2, -0.15) is 0 Å². The fourth-order valence-electron chi connectivity index (χ4n) is 2.64. The zero-order chi connectivity index (χ0) is 9.59. The van der Waals surface area contributed by atoms with E-state index in [0.29, 0.717) is 5.92 Å². The average molecular weight is 178 g/mol. The van der Waals surface area contributed by atoms with Gasteiger partial charge in [0.25, 0.3) is 0 Å². The van der Waals surface area contributed by atoms with Gasteiger partial charge in [-0.3, -0.25) is 4.79 Å². The predicted octanol–water partition coefficient (Wildman–Crippen LogP) is 2.23. The van der Waals surface area contributed by atoms with Gasteiger partial charge >= 0.3 is 5.97 Å². The van der Waals surface area contributed by atoms with Crippen LogP contribution in [-0.4, -0.2) is 11.1 Å². The van der Waals surface area contributed by atoms with Crippen LogP contribution in [0.3, 0.4) is 0 Å². The van der Waals surface area contributed by atoms with E-state index in [9.17, 15) is 4.79 Å². The van der Waals surface area contributed by atoms with Gasteiger partial charge in [-0.1, -0.05) is 23.3 Å². The Morgan fingerprint density at radius 1 is 1.46 bits per heavy atom. The molecule has 2 nitrogen and oxygen atoms in total. The summed E-state index contributed by atoms with van der Waals surface area (Å²) in [5.74, 6) is -0.209. The largest absolute Gasteiger partial charge is 0.481 e. The van der Waals surface area contributed by atoms with Crippen LogP contribution in [0.1, 0.15) is 20.3 Å². The zero-order valence-corrected chi connectivity index (χ0v) is 7.95. The number of carboxylic acids is 1. The van der Waals surface area contributed by atoms with Gasteiger partial charge in [-0.05, 0) is 26.2 Å². The molecule has 0 aromatic carbocycles. The molecular weight excluding hydrogens is 164 g/mol. The minimum atomic E-state index is -0.643. The highest BCUT2D eigenvalue weighted by Crippen LogP contribution is 2.49. The molecule has 0 aromatic heterocycles. The average Bonchev–Trinajstić information content (AvgIpc) is 2.58. The van der Waals surface area contributed by atoms with E-state index in [0.717, 1.165) is 6.42 Å². The summed E-state index contributed by atoms with van der Waals surface area (Å²) >= 11 is 0. The first kappa shape index (κ1) is 8.54. The highest BCUT2D eigenvalue weighted by Gasteiger charge is 2.44. The molecule has 0 unspecified atom stereocenters. The molecule has 2 aliphatic rings. The first-order valence-electron chi connectivity index (χ1n) is 4.69. The lowest BCUT2D eigenvalue weighted by atomic mass is 9.92.